The maximum atomic E-state index is 10.5. The summed E-state index contributed by atoms with van der Waals surface area (Å²) in [5, 5.41) is 0. The van der Waals surface area contributed by atoms with Gasteiger partial charge in [-0.15, -0.1) is 0 Å². The molecule has 1 aliphatic heterocycles. The van der Waals surface area contributed by atoms with Crippen molar-refractivity contribution in [3.63, 3.8) is 0 Å². The zero-order chi connectivity index (χ0) is 8.54. The van der Waals surface area contributed by atoms with Gasteiger partial charge in [0.25, 0.3) is 10.1 Å². The minimum absolute atomic E-state index is 0.120. The van der Waals surface area contributed by atoms with Crippen molar-refractivity contribution >= 4 is 16.3 Å². The number of aliphatic imine (C=N–C) groups is 1. The van der Waals surface area contributed by atoms with E-state index in [1.807, 2.05) is 6.92 Å². The summed E-state index contributed by atoms with van der Waals surface area (Å²) < 4.78 is 25.5. The summed E-state index contributed by atoms with van der Waals surface area (Å²) in [7, 11) is -3.27. The highest BCUT2D eigenvalue weighted by Crippen LogP contribution is 2.23. The molecule has 0 bridgehead atoms. The summed E-state index contributed by atoms with van der Waals surface area (Å²) in [6, 6.07) is 0. The van der Waals surface area contributed by atoms with Crippen LogP contribution in [0.4, 0.5) is 0 Å². The average molecular weight is 177 g/mol. The smallest absolute Gasteiger partial charge is 0.264 e. The van der Waals surface area contributed by atoms with E-state index in [-0.39, 0.29) is 12.1 Å². The first-order chi connectivity index (χ1) is 4.91. The van der Waals surface area contributed by atoms with Crippen LogP contribution in [0.25, 0.3) is 0 Å². The molecule has 0 saturated carbocycles. The van der Waals surface area contributed by atoms with Crippen LogP contribution in [0.5, 0.6) is 0 Å². The SMILES string of the molecule is CC1(CCOS(C)(=O)=O)C=N1. The highest BCUT2D eigenvalue weighted by atomic mass is 32.2. The summed E-state index contributed by atoms with van der Waals surface area (Å²) in [5.74, 6) is 0. The zero-order valence-corrected chi connectivity index (χ0v) is 7.39. The monoisotopic (exact) mass is 177 g/mol. The van der Waals surface area contributed by atoms with Crippen molar-refractivity contribution in [2.45, 2.75) is 18.9 Å². The van der Waals surface area contributed by atoms with Gasteiger partial charge in [-0.2, -0.15) is 8.42 Å². The summed E-state index contributed by atoms with van der Waals surface area (Å²) >= 11 is 0. The van der Waals surface area contributed by atoms with Crippen molar-refractivity contribution in [3.05, 3.63) is 0 Å². The second-order valence-corrected chi connectivity index (χ2v) is 4.54. The molecule has 1 aliphatic rings. The summed E-state index contributed by atoms with van der Waals surface area (Å²) in [5.41, 5.74) is -0.120. The molecule has 0 N–H and O–H groups in total. The van der Waals surface area contributed by atoms with Crippen molar-refractivity contribution in [1.29, 1.82) is 0 Å². The lowest BCUT2D eigenvalue weighted by atomic mass is 10.1. The molecular formula is C6H11NO3S. The largest absolute Gasteiger partial charge is 0.283 e. The van der Waals surface area contributed by atoms with Crippen LogP contribution in [0.15, 0.2) is 4.99 Å². The van der Waals surface area contributed by atoms with E-state index in [4.69, 9.17) is 0 Å². The number of hydrogen-bond acceptors (Lipinski definition) is 4. The van der Waals surface area contributed by atoms with E-state index in [1.165, 1.54) is 0 Å². The molecule has 0 radical (unpaired) electrons. The zero-order valence-electron chi connectivity index (χ0n) is 6.57. The minimum Gasteiger partial charge on any atom is -0.283 e. The molecule has 64 valence electrons. The molecule has 1 heterocycles. The fourth-order valence-corrected chi connectivity index (χ4v) is 1.03. The first kappa shape index (κ1) is 8.67. The Morgan fingerprint density at radius 1 is 1.64 bits per heavy atom. The Labute approximate surface area is 66.4 Å². The van der Waals surface area contributed by atoms with Crippen molar-refractivity contribution in [3.8, 4) is 0 Å². The average Bonchev–Trinajstić information content (AvgIpc) is 2.44. The van der Waals surface area contributed by atoms with Crippen molar-refractivity contribution in [1.82, 2.24) is 0 Å². The fraction of sp³-hybridized carbons (Fsp3) is 0.833. The Morgan fingerprint density at radius 3 is 2.55 bits per heavy atom. The minimum atomic E-state index is -3.27. The molecule has 1 unspecified atom stereocenters. The molecule has 0 spiro atoms. The van der Waals surface area contributed by atoms with E-state index in [0.717, 1.165) is 6.26 Å². The number of hydrogen-bond donors (Lipinski definition) is 0. The number of nitrogens with zero attached hydrogens (tertiary/aromatic N) is 1. The summed E-state index contributed by atoms with van der Waals surface area (Å²) in [6.45, 7) is 2.15. The highest BCUT2D eigenvalue weighted by Gasteiger charge is 2.30. The van der Waals surface area contributed by atoms with E-state index in [1.54, 1.807) is 6.21 Å². The molecule has 0 saturated heterocycles. The number of rotatable bonds is 4. The topological polar surface area (TPSA) is 55.7 Å². The van der Waals surface area contributed by atoms with Gasteiger partial charge in [0.1, 0.15) is 0 Å². The van der Waals surface area contributed by atoms with E-state index in [0.29, 0.717) is 6.42 Å². The first-order valence-corrected chi connectivity index (χ1v) is 5.14. The van der Waals surface area contributed by atoms with Crippen LogP contribution in [-0.4, -0.2) is 33.0 Å². The Kier molecular flexibility index (Phi) is 2.02. The second-order valence-electron chi connectivity index (χ2n) is 2.89. The summed E-state index contributed by atoms with van der Waals surface area (Å²) in [6.07, 6.45) is 3.47. The maximum absolute atomic E-state index is 10.5. The third-order valence-corrected chi connectivity index (χ3v) is 2.07. The Hall–Kier alpha value is -0.420. The van der Waals surface area contributed by atoms with Gasteiger partial charge >= 0.3 is 0 Å². The quantitative estimate of drug-likeness (QED) is 0.576. The van der Waals surface area contributed by atoms with Crippen molar-refractivity contribution in [2.24, 2.45) is 4.99 Å². The maximum Gasteiger partial charge on any atom is 0.264 e. The molecule has 5 heteroatoms. The van der Waals surface area contributed by atoms with E-state index in [9.17, 15) is 8.42 Å². The predicted molar refractivity (Wildman–Crippen MR) is 42.3 cm³/mol. The molecule has 11 heavy (non-hydrogen) atoms. The normalized spacial score (nSPS) is 28.9. The third kappa shape index (κ3) is 3.48. The molecular weight excluding hydrogens is 166 g/mol. The molecule has 1 rings (SSSR count). The molecule has 0 aliphatic carbocycles. The molecule has 0 aromatic carbocycles. The van der Waals surface area contributed by atoms with Crippen molar-refractivity contribution in [2.75, 3.05) is 12.9 Å². The van der Waals surface area contributed by atoms with Crippen LogP contribution in [0, 0.1) is 0 Å². The lowest BCUT2D eigenvalue weighted by Gasteiger charge is -2.04. The lowest BCUT2D eigenvalue weighted by molar-refractivity contribution is 0.304. The first-order valence-electron chi connectivity index (χ1n) is 3.32. The highest BCUT2D eigenvalue weighted by molar-refractivity contribution is 7.85. The van der Waals surface area contributed by atoms with Crippen LogP contribution < -0.4 is 0 Å². The third-order valence-electron chi connectivity index (χ3n) is 1.48. The van der Waals surface area contributed by atoms with Crippen molar-refractivity contribution < 1.29 is 12.6 Å². The molecule has 0 aromatic heterocycles. The van der Waals surface area contributed by atoms with Crippen LogP contribution in [0.1, 0.15) is 13.3 Å². The van der Waals surface area contributed by atoms with Gasteiger partial charge in [-0.05, 0) is 6.92 Å². The van der Waals surface area contributed by atoms with Gasteiger partial charge in [0.15, 0.2) is 0 Å². The fourth-order valence-electron chi connectivity index (χ4n) is 0.639. The Bertz CT molecular complexity index is 262. The van der Waals surface area contributed by atoms with Crippen LogP contribution in [0.2, 0.25) is 0 Å². The lowest BCUT2D eigenvalue weighted by Crippen LogP contribution is -2.13. The standard InChI is InChI=1S/C6H11NO3S/c1-6(5-7-6)3-4-10-11(2,8)9/h5H,3-4H2,1-2H3. The Morgan fingerprint density at radius 2 is 2.18 bits per heavy atom. The van der Waals surface area contributed by atoms with E-state index in [2.05, 4.69) is 9.18 Å². The molecule has 0 fully saturated rings. The Balaban J connectivity index is 2.15. The van der Waals surface area contributed by atoms with Gasteiger partial charge in [-0.1, -0.05) is 0 Å². The predicted octanol–water partition coefficient (Wildman–Crippen LogP) is 0.196. The molecule has 0 amide bonds. The van der Waals surface area contributed by atoms with Crippen LogP contribution >= 0.6 is 0 Å². The van der Waals surface area contributed by atoms with Gasteiger partial charge in [0.2, 0.25) is 0 Å². The van der Waals surface area contributed by atoms with Gasteiger partial charge in [0, 0.05) is 12.6 Å². The second kappa shape index (κ2) is 2.57. The van der Waals surface area contributed by atoms with Gasteiger partial charge in [-0.3, -0.25) is 9.18 Å². The van der Waals surface area contributed by atoms with Crippen LogP contribution in [-0.2, 0) is 14.3 Å². The van der Waals surface area contributed by atoms with Crippen LogP contribution in [0.3, 0.4) is 0 Å². The van der Waals surface area contributed by atoms with Gasteiger partial charge < -0.3 is 0 Å². The molecule has 4 nitrogen and oxygen atoms in total. The molecule has 0 aromatic rings. The molecule has 1 atom stereocenters. The van der Waals surface area contributed by atoms with E-state index < -0.39 is 10.1 Å². The van der Waals surface area contributed by atoms with Gasteiger partial charge in [-0.25, -0.2) is 0 Å². The van der Waals surface area contributed by atoms with Gasteiger partial charge in [0.05, 0.1) is 18.4 Å². The van der Waals surface area contributed by atoms with E-state index >= 15 is 0 Å². The summed E-state index contributed by atoms with van der Waals surface area (Å²) in [4.78, 5) is 3.95.